The second-order valence-electron chi connectivity index (χ2n) is 5.58. The summed E-state index contributed by atoms with van der Waals surface area (Å²) >= 11 is 0. The topological polar surface area (TPSA) is 43.8 Å². The van der Waals surface area contributed by atoms with E-state index in [4.69, 9.17) is 0 Å². The van der Waals surface area contributed by atoms with Gasteiger partial charge in [-0.05, 0) is 24.6 Å². The minimum Gasteiger partial charge on any atom is -0.394 e. The maximum atomic E-state index is 12.6. The molecule has 21 heavy (non-hydrogen) atoms. The maximum Gasteiger partial charge on any atom is 0.252 e. The Hall–Kier alpha value is -2.07. The van der Waals surface area contributed by atoms with Crippen LogP contribution in [0.25, 0.3) is 0 Å². The molecule has 2 heterocycles. The number of benzene rings is 1. The van der Waals surface area contributed by atoms with Crippen molar-refractivity contribution in [3.8, 4) is 0 Å². The summed E-state index contributed by atoms with van der Waals surface area (Å²) in [6.07, 6.45) is 5.38. The fourth-order valence-electron chi connectivity index (χ4n) is 3.03. The van der Waals surface area contributed by atoms with E-state index in [1.54, 1.807) is 4.90 Å². The van der Waals surface area contributed by atoms with Crippen LogP contribution in [0, 0.1) is 0 Å². The van der Waals surface area contributed by atoms with E-state index in [1.165, 1.54) is 0 Å². The number of nitrogens with zero attached hydrogens (tertiary/aromatic N) is 2. The first-order valence-corrected chi connectivity index (χ1v) is 7.28. The quantitative estimate of drug-likeness (QED) is 0.912. The van der Waals surface area contributed by atoms with Gasteiger partial charge in [-0.1, -0.05) is 36.4 Å². The molecule has 0 radical (unpaired) electrons. The Morgan fingerprint density at radius 3 is 2.71 bits per heavy atom. The molecule has 0 aromatic heterocycles. The molecule has 1 atom stereocenters. The van der Waals surface area contributed by atoms with Crippen LogP contribution in [0.2, 0.25) is 0 Å². The number of hydrogen-bond acceptors (Lipinski definition) is 3. The zero-order chi connectivity index (χ0) is 14.8. The molecule has 0 aliphatic carbocycles. The molecular weight excluding hydrogens is 264 g/mol. The van der Waals surface area contributed by atoms with Crippen LogP contribution in [0.15, 0.2) is 53.9 Å². The van der Waals surface area contributed by atoms with Crippen molar-refractivity contribution in [3.63, 3.8) is 0 Å². The predicted octanol–water partition coefficient (Wildman–Crippen LogP) is 1.54. The van der Waals surface area contributed by atoms with Crippen LogP contribution < -0.4 is 0 Å². The summed E-state index contributed by atoms with van der Waals surface area (Å²) in [6, 6.07) is 9.83. The molecule has 1 N–H and O–H groups in total. The predicted molar refractivity (Wildman–Crippen MR) is 81.3 cm³/mol. The summed E-state index contributed by atoms with van der Waals surface area (Å²) in [4.78, 5) is 16.4. The summed E-state index contributed by atoms with van der Waals surface area (Å²) in [5, 5.41) is 9.72. The molecule has 0 saturated heterocycles. The van der Waals surface area contributed by atoms with Crippen molar-refractivity contribution in [2.45, 2.75) is 18.9 Å². The van der Waals surface area contributed by atoms with Gasteiger partial charge in [-0.2, -0.15) is 0 Å². The molecule has 110 valence electrons. The first kappa shape index (κ1) is 13.9. The van der Waals surface area contributed by atoms with Crippen molar-refractivity contribution in [2.24, 2.45) is 0 Å². The highest BCUT2D eigenvalue weighted by atomic mass is 16.3. The van der Waals surface area contributed by atoms with Crippen molar-refractivity contribution >= 4 is 5.91 Å². The Morgan fingerprint density at radius 1 is 1.29 bits per heavy atom. The van der Waals surface area contributed by atoms with Crippen LogP contribution in [0.4, 0.5) is 0 Å². The molecule has 3 rings (SSSR count). The van der Waals surface area contributed by atoms with E-state index in [0.29, 0.717) is 19.4 Å². The molecule has 1 aromatic carbocycles. The van der Waals surface area contributed by atoms with E-state index in [-0.39, 0.29) is 18.6 Å². The van der Waals surface area contributed by atoms with Gasteiger partial charge in [-0.15, -0.1) is 0 Å². The van der Waals surface area contributed by atoms with E-state index in [9.17, 15) is 9.90 Å². The minimum atomic E-state index is -0.168. The first-order chi connectivity index (χ1) is 10.2. The first-order valence-electron chi connectivity index (χ1n) is 7.28. The summed E-state index contributed by atoms with van der Waals surface area (Å²) in [6.45, 7) is 0.575. The van der Waals surface area contributed by atoms with Crippen molar-refractivity contribution in [2.75, 3.05) is 20.2 Å². The number of aliphatic hydroxyl groups excluding tert-OH is 1. The van der Waals surface area contributed by atoms with Gasteiger partial charge in [0.1, 0.15) is 0 Å². The van der Waals surface area contributed by atoms with Gasteiger partial charge in [-0.3, -0.25) is 4.79 Å². The minimum absolute atomic E-state index is 0.0155. The molecule has 0 bridgehead atoms. The highest BCUT2D eigenvalue weighted by molar-refractivity contribution is 5.97. The lowest BCUT2D eigenvalue weighted by Crippen LogP contribution is -2.42. The Balaban J connectivity index is 1.76. The number of amides is 1. The summed E-state index contributed by atoms with van der Waals surface area (Å²) in [7, 11) is 1.97. The summed E-state index contributed by atoms with van der Waals surface area (Å²) < 4.78 is 0. The summed E-state index contributed by atoms with van der Waals surface area (Å²) in [5.41, 5.74) is 3.07. The molecule has 0 fully saturated rings. The van der Waals surface area contributed by atoms with Gasteiger partial charge < -0.3 is 14.9 Å². The zero-order valence-electron chi connectivity index (χ0n) is 12.2. The number of likely N-dealkylation sites (N-methyl/N-ethyl adjacent to an activating group) is 1. The molecule has 1 aromatic rings. The van der Waals surface area contributed by atoms with Crippen LogP contribution in [-0.4, -0.2) is 47.1 Å². The monoisotopic (exact) mass is 284 g/mol. The van der Waals surface area contributed by atoms with E-state index in [0.717, 1.165) is 16.8 Å². The fraction of sp³-hybridized carbons (Fsp3) is 0.353. The smallest absolute Gasteiger partial charge is 0.252 e. The lowest BCUT2D eigenvalue weighted by Gasteiger charge is -2.27. The van der Waals surface area contributed by atoms with Gasteiger partial charge in [0.05, 0.1) is 19.2 Å². The normalized spacial score (nSPS) is 19.2. The van der Waals surface area contributed by atoms with Gasteiger partial charge in [0, 0.05) is 18.3 Å². The Kier molecular flexibility index (Phi) is 3.80. The number of allylic oxidation sites excluding steroid dienone is 1. The van der Waals surface area contributed by atoms with Crippen molar-refractivity contribution in [3.05, 3.63) is 59.4 Å². The molecule has 0 saturated carbocycles. The fourth-order valence-corrected chi connectivity index (χ4v) is 3.03. The van der Waals surface area contributed by atoms with E-state index in [1.807, 2.05) is 54.6 Å². The Bertz CT molecular complexity index is 592. The largest absolute Gasteiger partial charge is 0.394 e. The van der Waals surface area contributed by atoms with E-state index < -0.39 is 0 Å². The SMILES string of the molecule is CN1C=CCC2=C1CN([C@H](CO)Cc1ccccc1)C2=O. The zero-order valence-corrected chi connectivity index (χ0v) is 12.2. The second kappa shape index (κ2) is 5.74. The van der Waals surface area contributed by atoms with Gasteiger partial charge in [0.25, 0.3) is 5.91 Å². The summed E-state index contributed by atoms with van der Waals surface area (Å²) in [5.74, 6) is 0.0659. The Labute approximate surface area is 125 Å². The third-order valence-corrected chi connectivity index (χ3v) is 4.23. The van der Waals surface area contributed by atoms with Crippen molar-refractivity contribution in [1.82, 2.24) is 9.80 Å². The van der Waals surface area contributed by atoms with Crippen LogP contribution >= 0.6 is 0 Å². The number of hydrogen-bond donors (Lipinski definition) is 1. The second-order valence-corrected chi connectivity index (χ2v) is 5.58. The molecule has 2 aliphatic rings. The third-order valence-electron chi connectivity index (χ3n) is 4.23. The lowest BCUT2D eigenvalue weighted by molar-refractivity contribution is -0.128. The van der Waals surface area contributed by atoms with Crippen LogP contribution in [0.1, 0.15) is 12.0 Å². The van der Waals surface area contributed by atoms with Gasteiger partial charge in [-0.25, -0.2) is 0 Å². The highest BCUT2D eigenvalue weighted by Gasteiger charge is 2.36. The lowest BCUT2D eigenvalue weighted by atomic mass is 10.1. The van der Waals surface area contributed by atoms with Crippen LogP contribution in [0.5, 0.6) is 0 Å². The van der Waals surface area contributed by atoms with E-state index in [2.05, 4.69) is 0 Å². The van der Waals surface area contributed by atoms with Crippen LogP contribution in [-0.2, 0) is 11.2 Å². The number of rotatable bonds is 4. The average molecular weight is 284 g/mol. The number of carbonyl (C=O) groups excluding carboxylic acids is 1. The number of carbonyl (C=O) groups is 1. The number of aliphatic hydroxyl groups is 1. The van der Waals surface area contributed by atoms with Gasteiger partial charge >= 0.3 is 0 Å². The molecule has 4 nitrogen and oxygen atoms in total. The Morgan fingerprint density at radius 2 is 2.05 bits per heavy atom. The average Bonchev–Trinajstić information content (AvgIpc) is 2.85. The standard InChI is InChI=1S/C17H20N2O2/c1-18-9-5-8-15-16(18)11-19(17(15)21)14(12-20)10-13-6-3-2-4-7-13/h2-7,9,14,20H,8,10-12H2,1H3/t14-/m0/s1. The van der Waals surface area contributed by atoms with Crippen LogP contribution in [0.3, 0.4) is 0 Å². The van der Waals surface area contributed by atoms with Crippen molar-refractivity contribution < 1.29 is 9.90 Å². The maximum absolute atomic E-state index is 12.6. The molecule has 2 aliphatic heterocycles. The van der Waals surface area contributed by atoms with Crippen molar-refractivity contribution in [1.29, 1.82) is 0 Å². The molecule has 0 spiro atoms. The van der Waals surface area contributed by atoms with Gasteiger partial charge in [0.2, 0.25) is 0 Å². The molecule has 4 heteroatoms. The molecular formula is C17H20N2O2. The highest BCUT2D eigenvalue weighted by Crippen LogP contribution is 2.29. The third kappa shape index (κ3) is 2.59. The molecule has 0 unspecified atom stereocenters. The van der Waals surface area contributed by atoms with E-state index >= 15 is 0 Å². The molecule has 1 amide bonds. The van der Waals surface area contributed by atoms with Gasteiger partial charge in [0.15, 0.2) is 0 Å².